The lowest BCUT2D eigenvalue weighted by molar-refractivity contribution is -0.384. The van der Waals surface area contributed by atoms with Crippen LogP contribution in [0.1, 0.15) is 25.5 Å². The zero-order valence-electron chi connectivity index (χ0n) is 17.2. The molecule has 2 aromatic rings. The Bertz CT molecular complexity index is 988. The van der Waals surface area contributed by atoms with E-state index < -0.39 is 16.9 Å². The van der Waals surface area contributed by atoms with Gasteiger partial charge in [0.05, 0.1) is 28.8 Å². The van der Waals surface area contributed by atoms with Crippen molar-refractivity contribution in [1.82, 2.24) is 10.2 Å². The summed E-state index contributed by atoms with van der Waals surface area (Å²) >= 11 is 0. The molecule has 9 nitrogen and oxygen atoms in total. The summed E-state index contributed by atoms with van der Waals surface area (Å²) < 4.78 is 11.1. The Morgan fingerprint density at radius 1 is 1.13 bits per heavy atom. The largest absolute Gasteiger partial charge is 0.487 e. The highest BCUT2D eigenvalue weighted by Gasteiger charge is 2.37. The molecule has 0 fully saturated rings. The second-order valence-electron chi connectivity index (χ2n) is 6.66. The van der Waals surface area contributed by atoms with E-state index in [1.165, 1.54) is 29.2 Å². The first kappa shape index (κ1) is 21.8. The van der Waals surface area contributed by atoms with E-state index in [1.54, 1.807) is 13.8 Å². The van der Waals surface area contributed by atoms with Crippen LogP contribution in [-0.4, -0.2) is 41.6 Å². The topological polar surface area (TPSA) is 111 Å². The Morgan fingerprint density at radius 2 is 1.81 bits per heavy atom. The number of nitro groups is 1. The van der Waals surface area contributed by atoms with Crippen LogP contribution < -0.4 is 10.1 Å². The number of nitrogens with one attached hydrogen (secondary N) is 1. The molecule has 1 N–H and O–H groups in total. The first-order valence-corrected chi connectivity index (χ1v) is 9.86. The Hall–Kier alpha value is -3.88. The number of hydrogen-bond donors (Lipinski definition) is 1. The van der Waals surface area contributed by atoms with Crippen LogP contribution in [0.25, 0.3) is 0 Å². The van der Waals surface area contributed by atoms with Gasteiger partial charge in [-0.1, -0.05) is 30.3 Å². The number of amides is 2. The molecular weight excluding hydrogens is 402 g/mol. The molecule has 1 aliphatic rings. The number of carbonyl (C=O) groups excluding carboxylic acids is 2. The standard InChI is InChI=1S/C22H23N3O6/c1-3-24-18(14-31-17-12-10-16(11-13-17)25(28)29)19(21(26)30-4-2)20(23-22(24)27)15-8-6-5-7-9-15/h5-13,20H,3-4,14H2,1-2H3,(H,23,27)/t20-/m1/s1. The van der Waals surface area contributed by atoms with Gasteiger partial charge in [0, 0.05) is 18.7 Å². The van der Waals surface area contributed by atoms with Gasteiger partial charge in [0.2, 0.25) is 0 Å². The third kappa shape index (κ3) is 4.82. The van der Waals surface area contributed by atoms with E-state index in [1.807, 2.05) is 30.3 Å². The van der Waals surface area contributed by atoms with Crippen LogP contribution in [-0.2, 0) is 9.53 Å². The fourth-order valence-electron chi connectivity index (χ4n) is 3.35. The number of likely N-dealkylation sites (N-methyl/N-ethyl adjacent to an activating group) is 1. The lowest BCUT2D eigenvalue weighted by Crippen LogP contribution is -2.49. The molecule has 2 aromatic carbocycles. The van der Waals surface area contributed by atoms with Gasteiger partial charge in [0.25, 0.3) is 5.69 Å². The maximum Gasteiger partial charge on any atom is 0.338 e. The lowest BCUT2D eigenvalue weighted by Gasteiger charge is -2.36. The Labute approximate surface area is 179 Å². The van der Waals surface area contributed by atoms with Crippen molar-refractivity contribution in [3.8, 4) is 5.75 Å². The van der Waals surface area contributed by atoms with Crippen LogP contribution in [0.3, 0.4) is 0 Å². The quantitative estimate of drug-likeness (QED) is 0.393. The number of nitrogens with zero attached hydrogens (tertiary/aromatic N) is 2. The molecule has 0 radical (unpaired) electrons. The number of esters is 1. The average molecular weight is 425 g/mol. The molecule has 1 aliphatic heterocycles. The molecule has 0 saturated carbocycles. The summed E-state index contributed by atoms with van der Waals surface area (Å²) in [6.45, 7) is 3.91. The van der Waals surface area contributed by atoms with Crippen molar-refractivity contribution in [2.75, 3.05) is 19.8 Å². The predicted octanol–water partition coefficient (Wildman–Crippen LogP) is 3.58. The number of hydrogen-bond acceptors (Lipinski definition) is 6. The molecular formula is C22H23N3O6. The zero-order valence-corrected chi connectivity index (χ0v) is 17.2. The number of non-ortho nitro benzene ring substituents is 1. The molecule has 0 aliphatic carbocycles. The second-order valence-corrected chi connectivity index (χ2v) is 6.66. The summed E-state index contributed by atoms with van der Waals surface area (Å²) in [7, 11) is 0. The summed E-state index contributed by atoms with van der Waals surface area (Å²) in [5.41, 5.74) is 1.35. The third-order valence-corrected chi connectivity index (χ3v) is 4.81. The first-order valence-electron chi connectivity index (χ1n) is 9.86. The van der Waals surface area contributed by atoms with Gasteiger partial charge >= 0.3 is 12.0 Å². The molecule has 1 heterocycles. The van der Waals surface area contributed by atoms with Crippen LogP contribution in [0.2, 0.25) is 0 Å². The molecule has 2 amide bonds. The van der Waals surface area contributed by atoms with Gasteiger partial charge in [-0.05, 0) is 31.5 Å². The number of rotatable bonds is 8. The van der Waals surface area contributed by atoms with Gasteiger partial charge in [-0.2, -0.15) is 0 Å². The van der Waals surface area contributed by atoms with Gasteiger partial charge in [0.15, 0.2) is 0 Å². The predicted molar refractivity (Wildman–Crippen MR) is 112 cm³/mol. The van der Waals surface area contributed by atoms with Gasteiger partial charge in [-0.25, -0.2) is 9.59 Å². The highest BCUT2D eigenvalue weighted by molar-refractivity contribution is 5.95. The fourth-order valence-corrected chi connectivity index (χ4v) is 3.35. The van der Waals surface area contributed by atoms with Crippen molar-refractivity contribution >= 4 is 17.7 Å². The number of benzene rings is 2. The molecule has 0 unspecified atom stereocenters. The van der Waals surface area contributed by atoms with E-state index in [2.05, 4.69) is 5.32 Å². The van der Waals surface area contributed by atoms with E-state index in [0.717, 1.165) is 5.56 Å². The third-order valence-electron chi connectivity index (χ3n) is 4.81. The van der Waals surface area contributed by atoms with E-state index in [4.69, 9.17) is 9.47 Å². The zero-order chi connectivity index (χ0) is 22.4. The van der Waals surface area contributed by atoms with E-state index >= 15 is 0 Å². The molecule has 0 spiro atoms. The molecule has 31 heavy (non-hydrogen) atoms. The molecule has 0 aromatic heterocycles. The number of urea groups is 1. The maximum atomic E-state index is 12.9. The summed E-state index contributed by atoms with van der Waals surface area (Å²) in [6.07, 6.45) is 0. The number of ether oxygens (including phenoxy) is 2. The van der Waals surface area contributed by atoms with Crippen LogP contribution in [0.5, 0.6) is 5.75 Å². The summed E-state index contributed by atoms with van der Waals surface area (Å²) in [5.74, 6) is -0.170. The monoisotopic (exact) mass is 425 g/mol. The normalized spacial score (nSPS) is 16.0. The molecule has 0 bridgehead atoms. The number of carbonyl (C=O) groups is 2. The van der Waals surface area contributed by atoms with Crippen molar-refractivity contribution in [1.29, 1.82) is 0 Å². The SMILES string of the molecule is CCOC(=O)C1=C(COc2ccc([N+](=O)[O-])cc2)N(CC)C(=O)N[C@@H]1c1ccccc1. The van der Waals surface area contributed by atoms with Crippen molar-refractivity contribution in [3.63, 3.8) is 0 Å². The van der Waals surface area contributed by atoms with Gasteiger partial charge in [0.1, 0.15) is 12.4 Å². The van der Waals surface area contributed by atoms with Crippen molar-refractivity contribution in [2.45, 2.75) is 19.9 Å². The van der Waals surface area contributed by atoms with E-state index in [0.29, 0.717) is 18.0 Å². The first-order chi connectivity index (χ1) is 15.0. The molecule has 3 rings (SSSR count). The summed E-state index contributed by atoms with van der Waals surface area (Å²) in [6, 6.07) is 13.7. The van der Waals surface area contributed by atoms with Gasteiger partial charge in [-0.15, -0.1) is 0 Å². The molecule has 0 saturated heterocycles. The average Bonchev–Trinajstić information content (AvgIpc) is 2.78. The number of nitro benzene ring substituents is 1. The van der Waals surface area contributed by atoms with Crippen LogP contribution in [0.4, 0.5) is 10.5 Å². The van der Waals surface area contributed by atoms with Gasteiger partial charge < -0.3 is 14.8 Å². The fraction of sp³-hybridized carbons (Fsp3) is 0.273. The van der Waals surface area contributed by atoms with E-state index in [9.17, 15) is 19.7 Å². The van der Waals surface area contributed by atoms with Crippen LogP contribution in [0.15, 0.2) is 65.9 Å². The highest BCUT2D eigenvalue weighted by Crippen LogP contribution is 2.32. The minimum atomic E-state index is -0.689. The van der Waals surface area contributed by atoms with Crippen molar-refractivity contribution in [3.05, 3.63) is 81.5 Å². The minimum Gasteiger partial charge on any atom is -0.487 e. The highest BCUT2D eigenvalue weighted by atomic mass is 16.6. The van der Waals surface area contributed by atoms with Crippen molar-refractivity contribution < 1.29 is 24.0 Å². The maximum absolute atomic E-state index is 12.9. The summed E-state index contributed by atoms with van der Waals surface area (Å²) in [5, 5.41) is 13.7. The molecule has 162 valence electrons. The van der Waals surface area contributed by atoms with Crippen LogP contribution in [0, 0.1) is 10.1 Å². The Morgan fingerprint density at radius 3 is 2.39 bits per heavy atom. The molecule has 1 atom stereocenters. The Balaban J connectivity index is 2.00. The minimum absolute atomic E-state index is 0.0600. The van der Waals surface area contributed by atoms with Gasteiger partial charge in [-0.3, -0.25) is 15.0 Å². The smallest absolute Gasteiger partial charge is 0.338 e. The second kappa shape index (κ2) is 9.75. The van der Waals surface area contributed by atoms with Crippen LogP contribution >= 0.6 is 0 Å². The lowest BCUT2D eigenvalue weighted by atomic mass is 9.94. The van der Waals surface area contributed by atoms with E-state index in [-0.39, 0.29) is 30.5 Å². The summed E-state index contributed by atoms with van der Waals surface area (Å²) in [4.78, 5) is 37.4. The van der Waals surface area contributed by atoms with Crippen molar-refractivity contribution in [2.24, 2.45) is 0 Å². The molecule has 9 heteroatoms. The Kier molecular flexibility index (Phi) is 6.86.